The monoisotopic (exact) mass is 423 g/mol. The number of anilines is 1. The summed E-state index contributed by atoms with van der Waals surface area (Å²) in [5.41, 5.74) is 11.9. The largest absolute Gasteiger partial charge is 0.478 e. The highest BCUT2D eigenvalue weighted by atomic mass is 16.5. The number of nitrogens with zero attached hydrogens (tertiary/aromatic N) is 3. The van der Waals surface area contributed by atoms with Gasteiger partial charge in [0.1, 0.15) is 11.5 Å². The topological polar surface area (TPSA) is 103 Å². The average Bonchev–Trinajstić information content (AvgIpc) is 3.01. The van der Waals surface area contributed by atoms with Crippen molar-refractivity contribution in [3.8, 4) is 11.5 Å². The van der Waals surface area contributed by atoms with E-state index < -0.39 is 17.2 Å². The summed E-state index contributed by atoms with van der Waals surface area (Å²) in [4.78, 5) is 31.0. The Labute approximate surface area is 183 Å². The Bertz CT molecular complexity index is 1400. The summed E-state index contributed by atoms with van der Waals surface area (Å²) in [5.74, 6) is -0.444. The third-order valence-electron chi connectivity index (χ3n) is 6.67. The fraction of sp³-hybridized carbons (Fsp3) is 0.160. The minimum Gasteiger partial charge on any atom is -0.478 e. The predicted molar refractivity (Wildman–Crippen MR) is 116 cm³/mol. The van der Waals surface area contributed by atoms with Crippen LogP contribution in [-0.4, -0.2) is 40.5 Å². The van der Waals surface area contributed by atoms with Crippen LogP contribution in [0.4, 0.5) is 5.69 Å². The highest BCUT2D eigenvalue weighted by Crippen LogP contribution is 2.58. The van der Waals surface area contributed by atoms with Crippen molar-refractivity contribution in [2.75, 3.05) is 18.0 Å². The maximum absolute atomic E-state index is 13.5. The van der Waals surface area contributed by atoms with Gasteiger partial charge < -0.3 is 20.3 Å². The zero-order chi connectivity index (χ0) is 22.0. The van der Waals surface area contributed by atoms with Crippen molar-refractivity contribution in [3.63, 3.8) is 0 Å². The van der Waals surface area contributed by atoms with Crippen molar-refractivity contribution in [2.45, 2.75) is 11.8 Å². The van der Waals surface area contributed by atoms with Gasteiger partial charge in [0, 0.05) is 35.5 Å². The molecule has 2 heterocycles. The van der Waals surface area contributed by atoms with E-state index in [1.54, 1.807) is 6.07 Å². The van der Waals surface area contributed by atoms with E-state index in [0.717, 1.165) is 25.2 Å². The summed E-state index contributed by atoms with van der Waals surface area (Å²) in [6.45, 7) is 1.71. The maximum Gasteiger partial charge on any atom is 0.358 e. The van der Waals surface area contributed by atoms with Crippen LogP contribution in [0, 0.1) is 0 Å². The second-order valence-corrected chi connectivity index (χ2v) is 8.18. The summed E-state index contributed by atoms with van der Waals surface area (Å²) in [6, 6.07) is 17.4. The predicted octanol–water partition coefficient (Wildman–Crippen LogP) is 3.90. The van der Waals surface area contributed by atoms with Crippen molar-refractivity contribution in [1.82, 2.24) is 0 Å². The van der Waals surface area contributed by atoms with Gasteiger partial charge in [0.2, 0.25) is 0 Å². The number of ether oxygens (including phenoxy) is 1. The highest BCUT2D eigenvalue weighted by molar-refractivity contribution is 6.52. The van der Waals surface area contributed by atoms with E-state index in [9.17, 15) is 20.2 Å². The number of carboxylic acid groups (broad SMARTS) is 1. The third-order valence-corrected chi connectivity index (χ3v) is 6.67. The smallest absolute Gasteiger partial charge is 0.358 e. The fourth-order valence-corrected chi connectivity index (χ4v) is 5.18. The van der Waals surface area contributed by atoms with Crippen LogP contribution in [0.5, 0.6) is 11.5 Å². The van der Waals surface area contributed by atoms with Gasteiger partial charge in [0.15, 0.2) is 5.41 Å². The molecule has 1 unspecified atom stereocenters. The van der Waals surface area contributed by atoms with Crippen LogP contribution in [0.15, 0.2) is 60.7 Å². The summed E-state index contributed by atoms with van der Waals surface area (Å²) in [6.07, 6.45) is 1.05. The Morgan fingerprint density at radius 2 is 1.81 bits per heavy atom. The average molecular weight is 423 g/mol. The molecule has 0 bridgehead atoms. The minimum atomic E-state index is -1.29. The minimum absolute atomic E-state index is 0.0555. The fourth-order valence-electron chi connectivity index (χ4n) is 5.18. The van der Waals surface area contributed by atoms with E-state index in [-0.39, 0.29) is 11.3 Å². The summed E-state index contributed by atoms with van der Waals surface area (Å²) >= 11 is 0. The normalized spacial score (nSPS) is 20.1. The molecule has 1 atom stereocenters. The molecule has 6 rings (SSSR count). The SMILES string of the molecule is [N-]=[N+]=C1C(=O)c2ccc(C(=O)O)cc2C12c1ccccc1Oc1cccc(N3CCC3)c12. The molecule has 0 amide bonds. The molecule has 1 fully saturated rings. The van der Waals surface area contributed by atoms with Gasteiger partial charge in [0.05, 0.1) is 5.56 Å². The number of hydrogen-bond acceptors (Lipinski definition) is 4. The Balaban J connectivity index is 1.81. The molecule has 3 aromatic carbocycles. The number of carbonyl (C=O) groups excluding carboxylic acids is 1. The molecule has 0 radical (unpaired) electrons. The molecular formula is C25H17N3O4. The number of carboxylic acids is 1. The molecule has 3 aromatic rings. The van der Waals surface area contributed by atoms with Gasteiger partial charge in [-0.25, -0.2) is 4.79 Å². The number of hydrogen-bond donors (Lipinski definition) is 1. The van der Waals surface area contributed by atoms with Crippen LogP contribution < -0.4 is 9.64 Å². The molecule has 7 heteroatoms. The number of benzene rings is 3. The highest BCUT2D eigenvalue weighted by Gasteiger charge is 2.63. The first-order valence-electron chi connectivity index (χ1n) is 10.4. The van der Waals surface area contributed by atoms with Crippen molar-refractivity contribution in [3.05, 3.63) is 94.0 Å². The first-order chi connectivity index (χ1) is 15.6. The van der Waals surface area contributed by atoms with Crippen LogP contribution >= 0.6 is 0 Å². The molecule has 0 aromatic heterocycles. The van der Waals surface area contributed by atoms with Crippen molar-refractivity contribution in [2.24, 2.45) is 0 Å². The molecule has 32 heavy (non-hydrogen) atoms. The lowest BCUT2D eigenvalue weighted by Gasteiger charge is -2.41. The van der Waals surface area contributed by atoms with Crippen LogP contribution in [-0.2, 0) is 5.41 Å². The molecule has 1 spiro atoms. The zero-order valence-electron chi connectivity index (χ0n) is 16.9. The number of rotatable bonds is 2. The summed E-state index contributed by atoms with van der Waals surface area (Å²) < 4.78 is 6.25. The van der Waals surface area contributed by atoms with Gasteiger partial charge in [-0.2, -0.15) is 4.79 Å². The van der Waals surface area contributed by atoms with Gasteiger partial charge in [-0.05, 0) is 48.4 Å². The van der Waals surface area contributed by atoms with E-state index in [2.05, 4.69) is 9.69 Å². The number of para-hydroxylation sites is 1. The van der Waals surface area contributed by atoms with E-state index >= 15 is 0 Å². The second kappa shape index (κ2) is 6.39. The molecule has 7 nitrogen and oxygen atoms in total. The number of carbonyl (C=O) groups is 2. The van der Waals surface area contributed by atoms with Crippen LogP contribution in [0.3, 0.4) is 0 Å². The molecule has 0 saturated carbocycles. The molecule has 1 saturated heterocycles. The zero-order valence-corrected chi connectivity index (χ0v) is 16.9. The summed E-state index contributed by atoms with van der Waals surface area (Å²) in [5, 5.41) is 9.67. The molecule has 3 aliphatic rings. The molecular weight excluding hydrogens is 406 g/mol. The molecule has 1 N–H and O–H groups in total. The van der Waals surface area contributed by atoms with Gasteiger partial charge in [-0.15, -0.1) is 0 Å². The Morgan fingerprint density at radius 1 is 1.03 bits per heavy atom. The quantitative estimate of drug-likeness (QED) is 0.497. The Morgan fingerprint density at radius 3 is 2.53 bits per heavy atom. The second-order valence-electron chi connectivity index (χ2n) is 8.18. The Kier molecular flexibility index (Phi) is 3.70. The van der Waals surface area contributed by atoms with Crippen molar-refractivity contribution >= 4 is 23.2 Å². The number of aromatic carboxylic acids is 1. The lowest BCUT2D eigenvalue weighted by atomic mass is 9.66. The van der Waals surface area contributed by atoms with Crippen LogP contribution in [0.2, 0.25) is 0 Å². The van der Waals surface area contributed by atoms with Gasteiger partial charge in [-0.1, -0.05) is 24.3 Å². The third kappa shape index (κ3) is 2.15. The van der Waals surface area contributed by atoms with Gasteiger partial charge in [0.25, 0.3) is 5.78 Å². The van der Waals surface area contributed by atoms with E-state index in [1.807, 2.05) is 36.4 Å². The molecule has 156 valence electrons. The lowest BCUT2D eigenvalue weighted by Crippen LogP contribution is -2.44. The van der Waals surface area contributed by atoms with Crippen LogP contribution in [0.1, 0.15) is 43.8 Å². The molecule has 1 aliphatic carbocycles. The first-order valence-corrected chi connectivity index (χ1v) is 10.4. The first kappa shape index (κ1) is 18.5. The van der Waals surface area contributed by atoms with Gasteiger partial charge in [-0.3, -0.25) is 4.79 Å². The summed E-state index contributed by atoms with van der Waals surface area (Å²) in [7, 11) is 0. The lowest BCUT2D eigenvalue weighted by molar-refractivity contribution is -0.0118. The van der Waals surface area contributed by atoms with E-state index in [0.29, 0.717) is 33.8 Å². The number of fused-ring (bicyclic) bond motifs is 6. The standard InChI is InChI=1S/C25H17N3O4/c26-27-23-22(29)15-10-9-14(24(30)31)13-17(15)25(23)16-5-1-2-7-19(16)32-20-8-3-6-18(21(20)25)28-11-4-12-28/h1-3,5-10,13H,4,11-12H2,(H,30,31). The van der Waals surface area contributed by atoms with Gasteiger partial charge >= 0.3 is 11.7 Å². The number of Topliss-reactive ketones (excluding diaryl/α,β-unsaturated/α-hetero) is 1. The van der Waals surface area contributed by atoms with Crippen molar-refractivity contribution in [1.29, 1.82) is 0 Å². The van der Waals surface area contributed by atoms with E-state index in [1.165, 1.54) is 18.2 Å². The Hall–Kier alpha value is -4.22. The molecule has 2 aliphatic heterocycles. The van der Waals surface area contributed by atoms with Crippen LogP contribution in [0.25, 0.3) is 5.53 Å². The van der Waals surface area contributed by atoms with E-state index in [4.69, 9.17) is 4.74 Å². The maximum atomic E-state index is 13.5. The van der Waals surface area contributed by atoms with Crippen molar-refractivity contribution < 1.29 is 24.2 Å². The number of ketones is 1.